The van der Waals surface area contributed by atoms with E-state index in [2.05, 4.69) is 35.3 Å². The Bertz CT molecular complexity index is 53.6. The molecule has 0 spiro atoms. The molecular formula is INPSV. The van der Waals surface area contributed by atoms with Crippen LogP contribution in [0.15, 0.2) is 3.56 Å². The van der Waals surface area contributed by atoms with Crippen LogP contribution in [0.2, 0.25) is 0 Å². The van der Waals surface area contributed by atoms with Crippen molar-refractivity contribution in [3.05, 3.63) is 0 Å². The topological polar surface area (TPSA) is 12.4 Å². The SMILES string of the molecule is S=P[N]=[V][I]. The molecule has 0 heterocycles. The van der Waals surface area contributed by atoms with Crippen molar-refractivity contribution in [3.8, 4) is 0 Å². The molecule has 28 valence electrons. The summed E-state index contributed by atoms with van der Waals surface area (Å²) in [4.78, 5) is 0. The number of nitrogens with zero attached hydrogens (tertiary/aromatic N) is 1. The molecule has 0 radical (unpaired) electrons. The molecule has 0 aliphatic rings. The van der Waals surface area contributed by atoms with Gasteiger partial charge < -0.3 is 0 Å². The number of halogens is 1. The zero-order chi connectivity index (χ0) is 4.12. The summed E-state index contributed by atoms with van der Waals surface area (Å²) in [7, 11) is 0.772. The molecule has 0 fully saturated rings. The number of hydrogen-bond acceptors (Lipinski definition) is 1. The van der Waals surface area contributed by atoms with Gasteiger partial charge in [-0.2, -0.15) is 0 Å². The molecule has 0 aromatic carbocycles. The number of rotatable bonds is 1. The van der Waals surface area contributed by atoms with Crippen molar-refractivity contribution in [1.82, 2.24) is 0 Å². The van der Waals surface area contributed by atoms with Gasteiger partial charge in [0.25, 0.3) is 0 Å². The second-order valence-corrected chi connectivity index (χ2v) is 3.93. The molecule has 0 saturated carbocycles. The van der Waals surface area contributed by atoms with E-state index in [0.717, 1.165) is 7.51 Å². The van der Waals surface area contributed by atoms with Crippen LogP contribution >= 0.6 is 27.5 Å². The average molecular weight is 255 g/mol. The van der Waals surface area contributed by atoms with Crippen LogP contribution in [0, 0.1) is 0 Å². The van der Waals surface area contributed by atoms with Crippen molar-refractivity contribution >= 4 is 39.3 Å². The Balaban J connectivity index is 2.92. The minimum absolute atomic E-state index is 0.195. The van der Waals surface area contributed by atoms with Crippen LogP contribution in [0.25, 0.3) is 0 Å². The van der Waals surface area contributed by atoms with Crippen LogP contribution in [0.3, 0.4) is 0 Å². The fraction of sp³-hybridized carbons (Fsp3) is 0. The zero-order valence-corrected chi connectivity index (χ0v) is 7.39. The minimum atomic E-state index is 0.195. The van der Waals surface area contributed by atoms with Crippen molar-refractivity contribution in [2.45, 2.75) is 0 Å². The third-order valence-corrected chi connectivity index (χ3v) is 4.16. The maximum atomic E-state index is 4.48. The molecule has 0 aliphatic carbocycles. The fourth-order valence-electron chi connectivity index (χ4n) is 0.0138. The van der Waals surface area contributed by atoms with Crippen LogP contribution in [-0.2, 0) is 24.5 Å². The van der Waals surface area contributed by atoms with E-state index >= 15 is 0 Å². The van der Waals surface area contributed by atoms with Crippen molar-refractivity contribution in [2.24, 2.45) is 3.56 Å². The summed E-state index contributed by atoms with van der Waals surface area (Å²) in [5.74, 6) is 0. The molecule has 0 saturated heterocycles. The first-order valence-corrected chi connectivity index (χ1v) is 7.74. The van der Waals surface area contributed by atoms with Crippen LogP contribution in [0.4, 0.5) is 0 Å². The van der Waals surface area contributed by atoms with E-state index < -0.39 is 0 Å². The Labute approximate surface area is 55.1 Å². The first-order chi connectivity index (χ1) is 2.41. The summed E-state index contributed by atoms with van der Waals surface area (Å²) in [6.45, 7) is 0. The van der Waals surface area contributed by atoms with Gasteiger partial charge in [-0.25, -0.2) is 0 Å². The van der Waals surface area contributed by atoms with E-state index in [1.54, 1.807) is 0 Å². The van der Waals surface area contributed by atoms with Gasteiger partial charge in [-0.05, 0) is 0 Å². The van der Waals surface area contributed by atoms with Crippen molar-refractivity contribution in [1.29, 1.82) is 0 Å². The maximum absolute atomic E-state index is 4.48. The first-order valence-electron chi connectivity index (χ1n) is 0.752. The third-order valence-electron chi connectivity index (χ3n) is 0.0703. The van der Waals surface area contributed by atoms with E-state index in [1.807, 2.05) is 0 Å². The van der Waals surface area contributed by atoms with Crippen molar-refractivity contribution in [3.63, 3.8) is 0 Å². The van der Waals surface area contributed by atoms with Gasteiger partial charge in [-0.15, -0.1) is 0 Å². The predicted molar refractivity (Wildman–Crippen MR) is 30.7 cm³/mol. The zero-order valence-electron chi connectivity index (χ0n) is 2.13. The summed E-state index contributed by atoms with van der Waals surface area (Å²) in [5.41, 5.74) is 0. The third kappa shape index (κ3) is 5.63. The van der Waals surface area contributed by atoms with Gasteiger partial charge in [-0.3, -0.25) is 0 Å². The number of hydrogen-bond donors (Lipinski definition) is 0. The molecule has 0 unspecified atom stereocenters. The Kier molecular flexibility index (Phi) is 7.48. The molecule has 0 rings (SSSR count). The van der Waals surface area contributed by atoms with Crippen LogP contribution < -0.4 is 0 Å². The van der Waals surface area contributed by atoms with E-state index in [9.17, 15) is 0 Å². The summed E-state index contributed by atoms with van der Waals surface area (Å²) in [5, 5.41) is 0. The monoisotopic (exact) mass is 255 g/mol. The Morgan fingerprint density at radius 1 is 2.00 bits per heavy atom. The summed E-state index contributed by atoms with van der Waals surface area (Å²) in [6, 6.07) is 0. The Morgan fingerprint density at radius 2 is 2.60 bits per heavy atom. The average Bonchev–Trinajstić information content (AvgIpc) is 1.41. The van der Waals surface area contributed by atoms with Gasteiger partial charge in [-0.1, -0.05) is 0 Å². The Morgan fingerprint density at radius 3 is 2.60 bits per heavy atom. The molecule has 0 bridgehead atoms. The second kappa shape index (κ2) is 5.63. The molecule has 0 aromatic rings. The van der Waals surface area contributed by atoms with Gasteiger partial charge in [0, 0.05) is 0 Å². The van der Waals surface area contributed by atoms with E-state index in [0.29, 0.717) is 0 Å². The van der Waals surface area contributed by atoms with E-state index in [4.69, 9.17) is 0 Å². The molecule has 0 amide bonds. The predicted octanol–water partition coefficient (Wildman–Crippen LogP) is 1.93. The molecule has 5 heteroatoms. The normalized spacial score (nSPS) is 10.6. The molecule has 0 aliphatic heterocycles. The molecule has 0 N–H and O–H groups in total. The second-order valence-electron chi connectivity index (χ2n) is 0.247. The standard InChI is InChI=1S/HI.NPS.V/c;1-2-3;/h1H;;/q;;+1/p-1. The van der Waals surface area contributed by atoms with Crippen LogP contribution in [-0.4, -0.2) is 0 Å². The molecular weight excluding hydrogens is 255 g/mol. The van der Waals surface area contributed by atoms with Crippen molar-refractivity contribution in [2.75, 3.05) is 0 Å². The summed E-state index contributed by atoms with van der Waals surface area (Å²) >= 11 is 6.91. The fourth-order valence-corrected chi connectivity index (χ4v) is 3.44. The summed E-state index contributed by atoms with van der Waals surface area (Å²) in [6.07, 6.45) is 0. The molecule has 1 nitrogen and oxygen atoms in total. The van der Waals surface area contributed by atoms with Gasteiger partial charge >= 0.3 is 55.5 Å². The summed E-state index contributed by atoms with van der Waals surface area (Å²) < 4.78 is 3.84. The van der Waals surface area contributed by atoms with Gasteiger partial charge in [0.05, 0.1) is 0 Å². The first kappa shape index (κ1) is 6.63. The van der Waals surface area contributed by atoms with Crippen LogP contribution in [0.1, 0.15) is 0 Å². The van der Waals surface area contributed by atoms with Gasteiger partial charge in [0.1, 0.15) is 0 Å². The molecule has 0 atom stereocenters. The van der Waals surface area contributed by atoms with Crippen molar-refractivity contribution < 1.29 is 12.7 Å². The quantitative estimate of drug-likeness (QED) is 0.515. The van der Waals surface area contributed by atoms with Gasteiger partial charge in [0.15, 0.2) is 0 Å². The Hall–Kier alpha value is 1.63. The van der Waals surface area contributed by atoms with Crippen LogP contribution in [0.5, 0.6) is 0 Å². The van der Waals surface area contributed by atoms with E-state index in [1.165, 1.54) is 0 Å². The molecule has 0 aromatic heterocycles. The molecule has 5 heavy (non-hydrogen) atoms. The van der Waals surface area contributed by atoms with E-state index in [-0.39, 0.29) is 12.7 Å². The van der Waals surface area contributed by atoms with Gasteiger partial charge in [0.2, 0.25) is 0 Å².